The highest BCUT2D eigenvalue weighted by Crippen LogP contribution is 2.29. The van der Waals surface area contributed by atoms with Crippen molar-refractivity contribution in [1.82, 2.24) is 10.2 Å². The molecule has 0 aromatic carbocycles. The molecule has 3 heteroatoms. The third-order valence-electron chi connectivity index (χ3n) is 3.98. The van der Waals surface area contributed by atoms with Crippen LogP contribution in [0.5, 0.6) is 0 Å². The zero-order chi connectivity index (χ0) is 12.7. The van der Waals surface area contributed by atoms with Crippen molar-refractivity contribution >= 4 is 0 Å². The summed E-state index contributed by atoms with van der Waals surface area (Å²) >= 11 is 0. The molecule has 17 heavy (non-hydrogen) atoms. The molecule has 3 unspecified atom stereocenters. The van der Waals surface area contributed by atoms with Crippen molar-refractivity contribution in [3.8, 4) is 0 Å². The molecule has 0 amide bonds. The number of nitrogens with one attached hydrogen (secondary N) is 1. The monoisotopic (exact) mass is 242 g/mol. The Kier molecular flexibility index (Phi) is 7.09. The number of likely N-dealkylation sites (N-methyl/N-ethyl adjacent to an activating group) is 1. The number of hydrogen-bond donors (Lipinski definition) is 2. The van der Waals surface area contributed by atoms with E-state index in [1.54, 1.807) is 0 Å². The summed E-state index contributed by atoms with van der Waals surface area (Å²) in [7, 11) is 0. The molecule has 1 aliphatic carbocycles. The van der Waals surface area contributed by atoms with E-state index in [1.807, 2.05) is 0 Å². The number of nitrogens with zero attached hydrogens (tertiary/aromatic N) is 1. The summed E-state index contributed by atoms with van der Waals surface area (Å²) in [6.07, 6.45) is 3.88. The van der Waals surface area contributed by atoms with Gasteiger partial charge < -0.3 is 15.3 Å². The largest absolute Gasteiger partial charge is 0.390 e. The van der Waals surface area contributed by atoms with Crippen molar-refractivity contribution in [3.05, 3.63) is 0 Å². The Morgan fingerprint density at radius 2 is 2.00 bits per heavy atom. The molecule has 0 spiro atoms. The predicted octanol–water partition coefficient (Wildman–Crippen LogP) is 1.71. The van der Waals surface area contributed by atoms with Gasteiger partial charge in [0, 0.05) is 13.1 Å². The predicted molar refractivity (Wildman–Crippen MR) is 73.2 cm³/mol. The molecule has 1 fully saturated rings. The Morgan fingerprint density at radius 3 is 2.53 bits per heavy atom. The zero-order valence-electron chi connectivity index (χ0n) is 11.8. The number of hydrogen-bond acceptors (Lipinski definition) is 3. The van der Waals surface area contributed by atoms with Gasteiger partial charge in [-0.2, -0.15) is 0 Å². The van der Waals surface area contributed by atoms with Crippen molar-refractivity contribution < 1.29 is 5.11 Å². The molecule has 0 heterocycles. The molecule has 1 rings (SSSR count). The summed E-state index contributed by atoms with van der Waals surface area (Å²) in [5.41, 5.74) is 0. The van der Waals surface area contributed by atoms with E-state index in [0.29, 0.717) is 0 Å². The number of aliphatic hydroxyl groups excluding tert-OH is 1. The SMILES string of the molecule is CCN(CC)CC(O)CNCC1CCC(C)C1. The maximum atomic E-state index is 9.90. The molecular formula is C14H30N2O. The normalized spacial score (nSPS) is 26.6. The summed E-state index contributed by atoms with van der Waals surface area (Å²) < 4.78 is 0. The van der Waals surface area contributed by atoms with Gasteiger partial charge in [-0.1, -0.05) is 27.2 Å². The molecule has 2 N–H and O–H groups in total. The third kappa shape index (κ3) is 5.84. The third-order valence-corrected chi connectivity index (χ3v) is 3.98. The minimum Gasteiger partial charge on any atom is -0.390 e. The van der Waals surface area contributed by atoms with Gasteiger partial charge in [-0.15, -0.1) is 0 Å². The maximum Gasteiger partial charge on any atom is 0.0791 e. The lowest BCUT2D eigenvalue weighted by molar-refractivity contribution is 0.116. The topological polar surface area (TPSA) is 35.5 Å². The van der Waals surface area contributed by atoms with Crippen molar-refractivity contribution in [2.75, 3.05) is 32.7 Å². The Bertz CT molecular complexity index is 195. The second-order valence-electron chi connectivity index (χ2n) is 5.58. The Labute approximate surface area is 107 Å². The van der Waals surface area contributed by atoms with E-state index in [9.17, 15) is 5.11 Å². The summed E-state index contributed by atoms with van der Waals surface area (Å²) in [6, 6.07) is 0. The van der Waals surface area contributed by atoms with E-state index in [0.717, 1.165) is 44.6 Å². The van der Waals surface area contributed by atoms with Crippen LogP contribution in [0.1, 0.15) is 40.0 Å². The Balaban J connectivity index is 2.05. The molecule has 0 saturated heterocycles. The second-order valence-corrected chi connectivity index (χ2v) is 5.58. The highest BCUT2D eigenvalue weighted by Gasteiger charge is 2.20. The van der Waals surface area contributed by atoms with Crippen molar-refractivity contribution in [3.63, 3.8) is 0 Å². The highest BCUT2D eigenvalue weighted by atomic mass is 16.3. The van der Waals surface area contributed by atoms with Gasteiger partial charge in [0.15, 0.2) is 0 Å². The minimum absolute atomic E-state index is 0.228. The summed E-state index contributed by atoms with van der Waals surface area (Å²) in [6.45, 7) is 11.3. The van der Waals surface area contributed by atoms with Gasteiger partial charge in [-0.05, 0) is 44.3 Å². The summed E-state index contributed by atoms with van der Waals surface area (Å²) in [5.74, 6) is 1.74. The first-order valence-electron chi connectivity index (χ1n) is 7.26. The lowest BCUT2D eigenvalue weighted by atomic mass is 10.1. The average Bonchev–Trinajstić information content (AvgIpc) is 2.72. The van der Waals surface area contributed by atoms with Crippen LogP contribution in [-0.2, 0) is 0 Å². The van der Waals surface area contributed by atoms with Gasteiger partial charge in [-0.25, -0.2) is 0 Å². The van der Waals surface area contributed by atoms with E-state index in [-0.39, 0.29) is 6.10 Å². The fourth-order valence-electron chi connectivity index (χ4n) is 2.81. The van der Waals surface area contributed by atoms with Crippen LogP contribution in [0.2, 0.25) is 0 Å². The van der Waals surface area contributed by atoms with Crippen LogP contribution in [-0.4, -0.2) is 48.8 Å². The van der Waals surface area contributed by atoms with Crippen LogP contribution < -0.4 is 5.32 Å². The summed E-state index contributed by atoms with van der Waals surface area (Å²) in [4.78, 5) is 2.27. The van der Waals surface area contributed by atoms with Gasteiger partial charge in [0.25, 0.3) is 0 Å². The van der Waals surface area contributed by atoms with Gasteiger partial charge in [0.2, 0.25) is 0 Å². The highest BCUT2D eigenvalue weighted by molar-refractivity contribution is 4.75. The average molecular weight is 242 g/mol. The van der Waals surface area contributed by atoms with Crippen LogP contribution in [0.25, 0.3) is 0 Å². The first-order chi connectivity index (χ1) is 8.15. The second kappa shape index (κ2) is 8.06. The number of rotatable bonds is 8. The first kappa shape index (κ1) is 14.9. The molecular weight excluding hydrogens is 212 g/mol. The van der Waals surface area contributed by atoms with Crippen molar-refractivity contribution in [2.24, 2.45) is 11.8 Å². The van der Waals surface area contributed by atoms with E-state index in [2.05, 4.69) is 31.0 Å². The first-order valence-corrected chi connectivity index (χ1v) is 7.26. The van der Waals surface area contributed by atoms with Crippen molar-refractivity contribution in [2.45, 2.75) is 46.1 Å². The molecule has 0 bridgehead atoms. The van der Waals surface area contributed by atoms with Gasteiger partial charge in [0.05, 0.1) is 6.10 Å². The maximum absolute atomic E-state index is 9.90. The minimum atomic E-state index is -0.228. The molecule has 102 valence electrons. The molecule has 1 aliphatic rings. The van der Waals surface area contributed by atoms with Crippen LogP contribution in [0.15, 0.2) is 0 Å². The smallest absolute Gasteiger partial charge is 0.0791 e. The van der Waals surface area contributed by atoms with Crippen LogP contribution in [0.3, 0.4) is 0 Å². The quantitative estimate of drug-likeness (QED) is 0.680. The standard InChI is InChI=1S/C14H30N2O/c1-4-16(5-2)11-14(17)10-15-9-13-7-6-12(3)8-13/h12-15,17H,4-11H2,1-3H3. The molecule has 0 aromatic heterocycles. The molecule has 0 aliphatic heterocycles. The lowest BCUT2D eigenvalue weighted by Crippen LogP contribution is -2.39. The Hall–Kier alpha value is -0.120. The molecule has 1 saturated carbocycles. The van der Waals surface area contributed by atoms with Crippen LogP contribution in [0, 0.1) is 11.8 Å². The van der Waals surface area contributed by atoms with E-state index in [4.69, 9.17) is 0 Å². The lowest BCUT2D eigenvalue weighted by Gasteiger charge is -2.22. The van der Waals surface area contributed by atoms with Gasteiger partial charge >= 0.3 is 0 Å². The van der Waals surface area contributed by atoms with Crippen molar-refractivity contribution in [1.29, 1.82) is 0 Å². The van der Waals surface area contributed by atoms with E-state index < -0.39 is 0 Å². The van der Waals surface area contributed by atoms with E-state index >= 15 is 0 Å². The fraction of sp³-hybridized carbons (Fsp3) is 1.00. The number of aliphatic hydroxyl groups is 1. The Morgan fingerprint density at radius 1 is 1.29 bits per heavy atom. The zero-order valence-corrected chi connectivity index (χ0v) is 11.8. The summed E-state index contributed by atoms with van der Waals surface area (Å²) in [5, 5.41) is 13.3. The molecule has 0 radical (unpaired) electrons. The van der Waals surface area contributed by atoms with Crippen LogP contribution >= 0.6 is 0 Å². The van der Waals surface area contributed by atoms with Crippen LogP contribution in [0.4, 0.5) is 0 Å². The molecule has 3 nitrogen and oxygen atoms in total. The molecule has 0 aromatic rings. The van der Waals surface area contributed by atoms with Gasteiger partial charge in [-0.3, -0.25) is 0 Å². The van der Waals surface area contributed by atoms with Gasteiger partial charge in [0.1, 0.15) is 0 Å². The fourth-order valence-corrected chi connectivity index (χ4v) is 2.81. The van der Waals surface area contributed by atoms with E-state index in [1.165, 1.54) is 19.3 Å². The molecule has 3 atom stereocenters.